The molecule has 3 rings (SSSR count). The zero-order chi connectivity index (χ0) is 15.2. The van der Waals surface area contributed by atoms with Crippen LogP contribution in [0.5, 0.6) is 0 Å². The molecule has 3 nitrogen and oxygen atoms in total. The minimum absolute atomic E-state index is 0.409. The molecule has 0 unspecified atom stereocenters. The third kappa shape index (κ3) is 3.44. The average molecular weight is 291 g/mol. The van der Waals surface area contributed by atoms with Crippen molar-refractivity contribution in [2.45, 2.75) is 19.5 Å². The van der Waals surface area contributed by atoms with Crippen molar-refractivity contribution in [3.63, 3.8) is 0 Å². The quantitative estimate of drug-likeness (QED) is 0.693. The van der Waals surface area contributed by atoms with Crippen molar-refractivity contribution in [2.24, 2.45) is 0 Å². The Kier molecular flexibility index (Phi) is 4.35. The van der Waals surface area contributed by atoms with Crippen LogP contribution in [0, 0.1) is 11.8 Å². The Morgan fingerprint density at radius 3 is 2.64 bits per heavy atom. The highest BCUT2D eigenvalue weighted by Crippen LogP contribution is 2.09. The Hall–Kier alpha value is -2.80. The minimum atomic E-state index is -0.567. The lowest BCUT2D eigenvalue weighted by Gasteiger charge is -1.99. The SMILES string of the molecule is FCc1cccc(C#CCCc2cnc3ccccc3n2)n1. The van der Waals surface area contributed by atoms with E-state index in [-0.39, 0.29) is 0 Å². The summed E-state index contributed by atoms with van der Waals surface area (Å²) in [7, 11) is 0. The third-order valence-electron chi connectivity index (χ3n) is 3.16. The van der Waals surface area contributed by atoms with Gasteiger partial charge in [0.1, 0.15) is 12.4 Å². The van der Waals surface area contributed by atoms with E-state index in [1.165, 1.54) is 0 Å². The second kappa shape index (κ2) is 6.77. The number of para-hydroxylation sites is 2. The number of hydrogen-bond donors (Lipinski definition) is 0. The molecule has 0 amide bonds. The molecule has 0 saturated heterocycles. The van der Waals surface area contributed by atoms with Crippen molar-refractivity contribution < 1.29 is 4.39 Å². The van der Waals surface area contributed by atoms with E-state index in [1.807, 2.05) is 24.3 Å². The van der Waals surface area contributed by atoms with E-state index in [1.54, 1.807) is 24.4 Å². The zero-order valence-electron chi connectivity index (χ0n) is 12.0. The highest BCUT2D eigenvalue weighted by atomic mass is 19.1. The van der Waals surface area contributed by atoms with Crippen LogP contribution in [0.1, 0.15) is 23.5 Å². The molecule has 0 aliphatic carbocycles. The van der Waals surface area contributed by atoms with Crippen LogP contribution in [0.25, 0.3) is 11.0 Å². The van der Waals surface area contributed by atoms with Crippen LogP contribution in [0.2, 0.25) is 0 Å². The van der Waals surface area contributed by atoms with Gasteiger partial charge in [0, 0.05) is 19.0 Å². The molecule has 0 N–H and O–H groups in total. The lowest BCUT2D eigenvalue weighted by atomic mass is 10.2. The summed E-state index contributed by atoms with van der Waals surface area (Å²) in [5.41, 5.74) is 3.71. The summed E-state index contributed by atoms with van der Waals surface area (Å²) in [6.07, 6.45) is 3.17. The highest BCUT2D eigenvalue weighted by molar-refractivity contribution is 5.73. The van der Waals surface area contributed by atoms with Crippen molar-refractivity contribution >= 4 is 11.0 Å². The number of nitrogens with zero attached hydrogens (tertiary/aromatic N) is 3. The Balaban J connectivity index is 1.66. The lowest BCUT2D eigenvalue weighted by Crippen LogP contribution is -1.93. The summed E-state index contributed by atoms with van der Waals surface area (Å²) in [6, 6.07) is 13.0. The smallest absolute Gasteiger partial charge is 0.131 e. The molecule has 2 aromatic heterocycles. The normalized spacial score (nSPS) is 10.2. The molecule has 0 atom stereocenters. The second-order valence-corrected chi connectivity index (χ2v) is 4.80. The molecule has 0 bridgehead atoms. The highest BCUT2D eigenvalue weighted by Gasteiger charge is 1.98. The summed E-state index contributed by atoms with van der Waals surface area (Å²) < 4.78 is 12.5. The number of benzene rings is 1. The number of aromatic nitrogens is 3. The van der Waals surface area contributed by atoms with Gasteiger partial charge in [-0.3, -0.25) is 4.98 Å². The van der Waals surface area contributed by atoms with E-state index in [0.717, 1.165) is 23.1 Å². The van der Waals surface area contributed by atoms with Crippen LogP contribution in [-0.2, 0) is 13.1 Å². The Labute approximate surface area is 128 Å². The van der Waals surface area contributed by atoms with Crippen LogP contribution in [-0.4, -0.2) is 15.0 Å². The van der Waals surface area contributed by atoms with E-state index in [0.29, 0.717) is 17.8 Å². The Bertz CT molecular complexity index is 849. The first-order valence-electron chi connectivity index (χ1n) is 7.06. The molecule has 0 saturated carbocycles. The van der Waals surface area contributed by atoms with Crippen LogP contribution in [0.15, 0.2) is 48.7 Å². The van der Waals surface area contributed by atoms with Gasteiger partial charge in [-0.15, -0.1) is 0 Å². The van der Waals surface area contributed by atoms with Crippen molar-refractivity contribution in [1.29, 1.82) is 0 Å². The number of rotatable bonds is 3. The molecule has 0 aliphatic rings. The molecule has 4 heteroatoms. The molecule has 3 aromatic rings. The second-order valence-electron chi connectivity index (χ2n) is 4.80. The van der Waals surface area contributed by atoms with E-state index in [9.17, 15) is 4.39 Å². The van der Waals surface area contributed by atoms with Gasteiger partial charge >= 0.3 is 0 Å². The number of alkyl halides is 1. The molecular weight excluding hydrogens is 277 g/mol. The monoisotopic (exact) mass is 291 g/mol. The van der Waals surface area contributed by atoms with Gasteiger partial charge in [0.05, 0.1) is 22.4 Å². The largest absolute Gasteiger partial charge is 0.253 e. The average Bonchev–Trinajstić information content (AvgIpc) is 2.59. The molecule has 0 fully saturated rings. The fraction of sp³-hybridized carbons (Fsp3) is 0.167. The number of aryl methyl sites for hydroxylation is 1. The van der Waals surface area contributed by atoms with E-state index in [2.05, 4.69) is 26.8 Å². The van der Waals surface area contributed by atoms with Crippen molar-refractivity contribution in [3.05, 3.63) is 65.7 Å². The van der Waals surface area contributed by atoms with Gasteiger partial charge in [-0.1, -0.05) is 24.1 Å². The first kappa shape index (κ1) is 14.2. The first-order valence-corrected chi connectivity index (χ1v) is 7.06. The van der Waals surface area contributed by atoms with Crippen molar-refractivity contribution in [3.8, 4) is 11.8 Å². The Morgan fingerprint density at radius 2 is 1.77 bits per heavy atom. The molecule has 22 heavy (non-hydrogen) atoms. The van der Waals surface area contributed by atoms with Gasteiger partial charge in [-0.2, -0.15) is 0 Å². The summed E-state index contributed by atoms with van der Waals surface area (Å²) in [5.74, 6) is 6.00. The van der Waals surface area contributed by atoms with Crippen LogP contribution in [0.3, 0.4) is 0 Å². The summed E-state index contributed by atoms with van der Waals surface area (Å²) in [5, 5.41) is 0. The van der Waals surface area contributed by atoms with E-state index >= 15 is 0 Å². The van der Waals surface area contributed by atoms with Gasteiger partial charge in [0.15, 0.2) is 0 Å². The van der Waals surface area contributed by atoms with Crippen LogP contribution >= 0.6 is 0 Å². The predicted octanol–water partition coefficient (Wildman–Crippen LogP) is 3.48. The molecular formula is C18H14FN3. The molecule has 0 radical (unpaired) electrons. The number of hydrogen-bond acceptors (Lipinski definition) is 3. The van der Waals surface area contributed by atoms with E-state index < -0.39 is 6.67 Å². The summed E-state index contributed by atoms with van der Waals surface area (Å²) >= 11 is 0. The van der Waals surface area contributed by atoms with Gasteiger partial charge in [0.25, 0.3) is 0 Å². The molecule has 108 valence electrons. The maximum Gasteiger partial charge on any atom is 0.131 e. The van der Waals surface area contributed by atoms with Gasteiger partial charge in [-0.25, -0.2) is 14.4 Å². The zero-order valence-corrected chi connectivity index (χ0v) is 12.0. The van der Waals surface area contributed by atoms with Crippen molar-refractivity contribution in [2.75, 3.05) is 0 Å². The lowest BCUT2D eigenvalue weighted by molar-refractivity contribution is 0.476. The fourth-order valence-electron chi connectivity index (χ4n) is 2.08. The van der Waals surface area contributed by atoms with Crippen molar-refractivity contribution in [1.82, 2.24) is 15.0 Å². The number of fused-ring (bicyclic) bond motifs is 1. The summed E-state index contributed by atoms with van der Waals surface area (Å²) in [4.78, 5) is 13.0. The van der Waals surface area contributed by atoms with Gasteiger partial charge < -0.3 is 0 Å². The first-order chi connectivity index (χ1) is 10.8. The molecule has 0 aliphatic heterocycles. The minimum Gasteiger partial charge on any atom is -0.253 e. The van der Waals surface area contributed by atoms with Crippen LogP contribution < -0.4 is 0 Å². The Morgan fingerprint density at radius 1 is 0.909 bits per heavy atom. The van der Waals surface area contributed by atoms with Gasteiger partial charge in [-0.05, 0) is 30.2 Å². The topological polar surface area (TPSA) is 38.7 Å². The number of halogens is 1. The number of pyridine rings is 1. The van der Waals surface area contributed by atoms with Crippen LogP contribution in [0.4, 0.5) is 4.39 Å². The molecule has 1 aromatic carbocycles. The van der Waals surface area contributed by atoms with Gasteiger partial charge in [0.2, 0.25) is 0 Å². The van der Waals surface area contributed by atoms with E-state index in [4.69, 9.17) is 0 Å². The standard InChI is InChI=1S/C18H14FN3/c19-12-15-9-5-8-14(21-15)6-1-2-7-16-13-20-17-10-3-4-11-18(17)22-16/h3-5,8-11,13H,2,7,12H2. The molecule has 0 spiro atoms. The summed E-state index contributed by atoms with van der Waals surface area (Å²) in [6.45, 7) is -0.567. The maximum atomic E-state index is 12.5. The molecule has 2 heterocycles. The third-order valence-corrected chi connectivity index (χ3v) is 3.16. The fourth-order valence-corrected chi connectivity index (χ4v) is 2.08. The predicted molar refractivity (Wildman–Crippen MR) is 83.8 cm³/mol. The maximum absolute atomic E-state index is 12.5.